The van der Waals surface area contributed by atoms with E-state index in [0.29, 0.717) is 24.3 Å². The molecule has 0 radical (unpaired) electrons. The summed E-state index contributed by atoms with van der Waals surface area (Å²) in [5, 5.41) is 10.6. The van der Waals surface area contributed by atoms with Crippen molar-refractivity contribution in [2.45, 2.75) is 32.6 Å². The van der Waals surface area contributed by atoms with Crippen LogP contribution in [0.15, 0.2) is 18.2 Å². The number of benzene rings is 1. The molecule has 0 atom stereocenters. The first-order chi connectivity index (χ1) is 8.69. The van der Waals surface area contributed by atoms with Gasteiger partial charge in [-0.1, -0.05) is 29.3 Å². The van der Waals surface area contributed by atoms with E-state index in [4.69, 9.17) is 4.74 Å². The Kier molecular flexibility index (Phi) is 6.80. The average Bonchev–Trinajstić information content (AvgIpc) is 2.38. The second-order valence-electron chi connectivity index (χ2n) is 4.10. The van der Waals surface area contributed by atoms with E-state index < -0.39 is 0 Å². The van der Waals surface area contributed by atoms with Gasteiger partial charge < -0.3 is 9.84 Å². The highest BCUT2D eigenvalue weighted by Crippen LogP contribution is 2.27. The van der Waals surface area contributed by atoms with Crippen molar-refractivity contribution in [3.05, 3.63) is 23.8 Å². The number of phenolic OH excluding ortho intramolecular Hbond substituents is 1. The number of ether oxygens (including phenoxy) is 1. The monoisotopic (exact) mass is 314 g/mol. The van der Waals surface area contributed by atoms with Crippen molar-refractivity contribution >= 4 is 21.7 Å². The minimum atomic E-state index is 0.0342. The van der Waals surface area contributed by atoms with E-state index in [-0.39, 0.29) is 11.5 Å². The van der Waals surface area contributed by atoms with Gasteiger partial charge in [0.05, 0.1) is 6.61 Å². The van der Waals surface area contributed by atoms with Crippen LogP contribution in [0, 0.1) is 0 Å². The van der Waals surface area contributed by atoms with Crippen LogP contribution in [-0.4, -0.2) is 22.8 Å². The van der Waals surface area contributed by atoms with E-state index in [1.165, 1.54) is 6.07 Å². The lowest BCUT2D eigenvalue weighted by molar-refractivity contribution is 0.0979. The molecule has 1 aromatic rings. The van der Waals surface area contributed by atoms with Gasteiger partial charge in [-0.05, 0) is 31.0 Å². The van der Waals surface area contributed by atoms with Gasteiger partial charge in [0.25, 0.3) is 0 Å². The number of hydrogen-bond donors (Lipinski definition) is 1. The number of halogens is 1. The Morgan fingerprint density at radius 3 is 2.78 bits per heavy atom. The Morgan fingerprint density at radius 1 is 1.39 bits per heavy atom. The largest absolute Gasteiger partial charge is 0.504 e. The molecule has 0 spiro atoms. The van der Waals surface area contributed by atoms with Gasteiger partial charge in [-0.25, -0.2) is 0 Å². The summed E-state index contributed by atoms with van der Waals surface area (Å²) in [6, 6.07) is 4.85. The highest BCUT2D eigenvalue weighted by Gasteiger charge is 2.09. The van der Waals surface area contributed by atoms with Crippen molar-refractivity contribution in [2.24, 2.45) is 0 Å². The molecule has 0 amide bonds. The molecule has 0 heterocycles. The summed E-state index contributed by atoms with van der Waals surface area (Å²) in [7, 11) is 0. The molecule has 0 bridgehead atoms. The van der Waals surface area contributed by atoms with Crippen LogP contribution in [0.1, 0.15) is 43.0 Å². The van der Waals surface area contributed by atoms with Crippen molar-refractivity contribution in [3.63, 3.8) is 0 Å². The van der Waals surface area contributed by atoms with Crippen LogP contribution >= 0.6 is 15.9 Å². The van der Waals surface area contributed by atoms with Crippen LogP contribution in [0.25, 0.3) is 0 Å². The fourth-order valence-electron chi connectivity index (χ4n) is 1.53. The summed E-state index contributed by atoms with van der Waals surface area (Å²) in [6.45, 7) is 2.59. The van der Waals surface area contributed by atoms with E-state index in [9.17, 15) is 9.90 Å². The van der Waals surface area contributed by atoms with Gasteiger partial charge in [-0.2, -0.15) is 0 Å². The first kappa shape index (κ1) is 15.0. The van der Waals surface area contributed by atoms with E-state index in [1.54, 1.807) is 12.1 Å². The van der Waals surface area contributed by atoms with Crippen molar-refractivity contribution in [2.75, 3.05) is 11.9 Å². The molecule has 100 valence electrons. The topological polar surface area (TPSA) is 46.5 Å². The highest BCUT2D eigenvalue weighted by molar-refractivity contribution is 9.09. The summed E-state index contributed by atoms with van der Waals surface area (Å²) >= 11 is 3.31. The van der Waals surface area contributed by atoms with Crippen LogP contribution in [0.2, 0.25) is 0 Å². The number of phenols is 1. The number of carbonyl (C=O) groups excluding carboxylic acids is 1. The molecule has 18 heavy (non-hydrogen) atoms. The molecule has 4 heteroatoms. The van der Waals surface area contributed by atoms with Gasteiger partial charge in [0.1, 0.15) is 0 Å². The number of unbranched alkanes of at least 4 members (excludes halogenated alkanes) is 1. The number of hydrogen-bond acceptors (Lipinski definition) is 3. The Balaban J connectivity index is 2.63. The molecule has 1 rings (SSSR count). The first-order valence-electron chi connectivity index (χ1n) is 6.24. The van der Waals surface area contributed by atoms with Gasteiger partial charge >= 0.3 is 0 Å². The normalized spacial score (nSPS) is 10.3. The molecule has 1 N–H and O–H groups in total. The number of aromatic hydroxyl groups is 1. The van der Waals surface area contributed by atoms with Gasteiger partial charge in [0.15, 0.2) is 17.3 Å². The molecule has 0 aliphatic rings. The minimum absolute atomic E-state index is 0.0342. The molecular formula is C14H19BrO3. The summed E-state index contributed by atoms with van der Waals surface area (Å²) in [5.74, 6) is 0.536. The quantitative estimate of drug-likeness (QED) is 0.449. The predicted octanol–water partition coefficient (Wildman–Crippen LogP) is 3.93. The van der Waals surface area contributed by atoms with E-state index in [0.717, 1.165) is 24.6 Å². The van der Waals surface area contributed by atoms with Crippen LogP contribution in [-0.2, 0) is 0 Å². The Labute approximate surface area is 116 Å². The molecule has 0 unspecified atom stereocenters. The number of alkyl halides is 1. The van der Waals surface area contributed by atoms with E-state index in [2.05, 4.69) is 15.9 Å². The molecule has 0 aliphatic carbocycles. The lowest BCUT2D eigenvalue weighted by Gasteiger charge is -2.08. The molecule has 0 saturated carbocycles. The molecule has 0 fully saturated rings. The zero-order valence-electron chi connectivity index (χ0n) is 10.6. The van der Waals surface area contributed by atoms with Crippen molar-refractivity contribution < 1.29 is 14.6 Å². The SMILES string of the molecule is CCCCC(=O)c1ccc(OCCCBr)c(O)c1. The fourth-order valence-corrected chi connectivity index (χ4v) is 1.76. The molecule has 0 aromatic heterocycles. The van der Waals surface area contributed by atoms with E-state index in [1.807, 2.05) is 6.92 Å². The molecular weight excluding hydrogens is 296 g/mol. The Morgan fingerprint density at radius 2 is 2.17 bits per heavy atom. The van der Waals surface area contributed by atoms with Crippen LogP contribution in [0.5, 0.6) is 11.5 Å². The summed E-state index contributed by atoms with van der Waals surface area (Å²) in [6.07, 6.45) is 3.27. The van der Waals surface area contributed by atoms with Gasteiger partial charge in [0, 0.05) is 17.3 Å². The minimum Gasteiger partial charge on any atom is -0.504 e. The van der Waals surface area contributed by atoms with Crippen molar-refractivity contribution in [1.82, 2.24) is 0 Å². The zero-order valence-corrected chi connectivity index (χ0v) is 12.2. The number of carbonyl (C=O) groups is 1. The fraction of sp³-hybridized carbons (Fsp3) is 0.500. The average molecular weight is 315 g/mol. The van der Waals surface area contributed by atoms with Crippen molar-refractivity contribution in [3.8, 4) is 11.5 Å². The number of rotatable bonds is 8. The molecule has 0 saturated heterocycles. The lowest BCUT2D eigenvalue weighted by atomic mass is 10.1. The van der Waals surface area contributed by atoms with Crippen molar-refractivity contribution in [1.29, 1.82) is 0 Å². The van der Waals surface area contributed by atoms with Crippen LogP contribution < -0.4 is 4.74 Å². The summed E-state index contributed by atoms with van der Waals surface area (Å²) < 4.78 is 5.40. The third kappa shape index (κ3) is 4.69. The standard InChI is InChI=1S/C14H19BrO3/c1-2-3-5-12(16)11-6-7-14(13(17)10-11)18-9-4-8-15/h6-7,10,17H,2-5,8-9H2,1H3. The molecule has 0 aliphatic heterocycles. The predicted molar refractivity (Wildman–Crippen MR) is 75.9 cm³/mol. The number of ketones is 1. The van der Waals surface area contributed by atoms with Gasteiger partial charge in [0.2, 0.25) is 0 Å². The van der Waals surface area contributed by atoms with E-state index >= 15 is 0 Å². The molecule has 3 nitrogen and oxygen atoms in total. The smallest absolute Gasteiger partial charge is 0.163 e. The van der Waals surface area contributed by atoms with Crippen LogP contribution in [0.3, 0.4) is 0 Å². The second kappa shape index (κ2) is 8.14. The summed E-state index contributed by atoms with van der Waals surface area (Å²) in [4.78, 5) is 11.8. The summed E-state index contributed by atoms with van der Waals surface area (Å²) in [5.41, 5.74) is 0.550. The van der Waals surface area contributed by atoms with Gasteiger partial charge in [-0.15, -0.1) is 0 Å². The Hall–Kier alpha value is -1.03. The number of Topliss-reactive ketones (excluding diaryl/α,β-unsaturated/α-hetero) is 1. The maximum atomic E-state index is 11.8. The first-order valence-corrected chi connectivity index (χ1v) is 7.36. The lowest BCUT2D eigenvalue weighted by Crippen LogP contribution is -2.01. The Bertz CT molecular complexity index is 391. The highest BCUT2D eigenvalue weighted by atomic mass is 79.9. The maximum absolute atomic E-state index is 11.8. The maximum Gasteiger partial charge on any atom is 0.163 e. The second-order valence-corrected chi connectivity index (χ2v) is 4.89. The van der Waals surface area contributed by atoms with Crippen LogP contribution in [0.4, 0.5) is 0 Å². The zero-order chi connectivity index (χ0) is 13.4. The third-order valence-corrected chi connectivity index (χ3v) is 3.13. The van der Waals surface area contributed by atoms with Gasteiger partial charge in [-0.3, -0.25) is 4.79 Å². The molecule has 1 aromatic carbocycles. The third-order valence-electron chi connectivity index (χ3n) is 2.57.